The minimum Gasteiger partial charge on any atom is -0.479 e. The molecular weight excluding hydrogens is 265 g/mol. The summed E-state index contributed by atoms with van der Waals surface area (Å²) in [6, 6.07) is -0.982. The zero-order chi connectivity index (χ0) is 14.7. The Kier molecular flexibility index (Phi) is 4.65. The number of nitrogens with zero attached hydrogens (tertiary/aromatic N) is 1. The molecule has 0 bridgehead atoms. The molecule has 0 aromatic heterocycles. The van der Waals surface area contributed by atoms with Gasteiger partial charge in [-0.05, 0) is 19.8 Å². The van der Waals surface area contributed by atoms with Gasteiger partial charge in [0.2, 0.25) is 5.54 Å². The number of carbonyl (C=O) groups excluding carboxylic acids is 1. The second-order valence-corrected chi connectivity index (χ2v) is 4.76. The van der Waals surface area contributed by atoms with Gasteiger partial charge < -0.3 is 15.3 Å². The largest absolute Gasteiger partial charge is 0.479 e. The Morgan fingerprint density at radius 2 is 1.58 bits per heavy atom. The minimum atomic E-state index is -5.06. The van der Waals surface area contributed by atoms with Gasteiger partial charge in [-0.3, -0.25) is 0 Å². The molecular formula is C11H17F3N2O3. The van der Waals surface area contributed by atoms with Gasteiger partial charge in [-0.25, -0.2) is 9.59 Å². The lowest BCUT2D eigenvalue weighted by Gasteiger charge is -2.31. The van der Waals surface area contributed by atoms with Crippen LogP contribution in [0.25, 0.3) is 0 Å². The van der Waals surface area contributed by atoms with Crippen LogP contribution in [0.2, 0.25) is 0 Å². The summed E-state index contributed by atoms with van der Waals surface area (Å²) in [6.07, 6.45) is -1.80. The van der Waals surface area contributed by atoms with Gasteiger partial charge in [0.25, 0.3) is 0 Å². The lowest BCUT2D eigenvalue weighted by atomic mass is 10.0. The van der Waals surface area contributed by atoms with E-state index in [1.807, 2.05) is 0 Å². The molecule has 8 heteroatoms. The number of nitrogens with one attached hydrogen (secondary N) is 1. The first-order valence-corrected chi connectivity index (χ1v) is 6.05. The molecule has 2 N–H and O–H groups in total. The summed E-state index contributed by atoms with van der Waals surface area (Å²) in [7, 11) is 0. The van der Waals surface area contributed by atoms with Crippen molar-refractivity contribution in [3.8, 4) is 0 Å². The Labute approximate surface area is 108 Å². The van der Waals surface area contributed by atoms with E-state index in [-0.39, 0.29) is 0 Å². The first-order valence-electron chi connectivity index (χ1n) is 6.05. The van der Waals surface area contributed by atoms with E-state index < -0.39 is 23.7 Å². The molecule has 0 aromatic carbocycles. The van der Waals surface area contributed by atoms with E-state index in [2.05, 4.69) is 0 Å². The molecule has 1 rings (SSSR count). The standard InChI is InChI=1S/C11H17F3N2O3/c1-10(8(17)18,11(12,13)14)15-9(19)16-6-4-2-3-5-7-16/h2-7H2,1H3,(H,15,19)(H,17,18). The summed E-state index contributed by atoms with van der Waals surface area (Å²) in [4.78, 5) is 23.8. The molecule has 1 atom stereocenters. The summed E-state index contributed by atoms with van der Waals surface area (Å²) < 4.78 is 38.2. The highest BCUT2D eigenvalue weighted by Crippen LogP contribution is 2.30. The second-order valence-electron chi connectivity index (χ2n) is 4.76. The van der Waals surface area contributed by atoms with Gasteiger partial charge in [0, 0.05) is 13.1 Å². The number of carboxylic acids is 1. The fraction of sp³-hybridized carbons (Fsp3) is 0.818. The van der Waals surface area contributed by atoms with Gasteiger partial charge in [0.15, 0.2) is 0 Å². The average molecular weight is 282 g/mol. The maximum absolute atomic E-state index is 12.7. The summed E-state index contributed by atoms with van der Waals surface area (Å²) >= 11 is 0. The highest BCUT2D eigenvalue weighted by atomic mass is 19.4. The first-order chi connectivity index (χ1) is 8.68. The Morgan fingerprint density at radius 1 is 1.11 bits per heavy atom. The van der Waals surface area contributed by atoms with E-state index in [0.29, 0.717) is 32.9 Å². The van der Waals surface area contributed by atoms with E-state index in [0.717, 1.165) is 12.8 Å². The predicted molar refractivity (Wildman–Crippen MR) is 60.7 cm³/mol. The zero-order valence-electron chi connectivity index (χ0n) is 10.6. The van der Waals surface area contributed by atoms with Crippen LogP contribution in [0, 0.1) is 0 Å². The van der Waals surface area contributed by atoms with Crippen LogP contribution < -0.4 is 5.32 Å². The van der Waals surface area contributed by atoms with E-state index >= 15 is 0 Å². The third-order valence-corrected chi connectivity index (χ3v) is 3.24. The van der Waals surface area contributed by atoms with Crippen LogP contribution in [0.5, 0.6) is 0 Å². The summed E-state index contributed by atoms with van der Waals surface area (Å²) in [5, 5.41) is 10.3. The molecule has 0 aromatic rings. The number of halogens is 3. The lowest BCUT2D eigenvalue weighted by molar-refractivity contribution is -0.203. The number of hydrogen-bond acceptors (Lipinski definition) is 2. The van der Waals surface area contributed by atoms with Crippen molar-refractivity contribution in [2.45, 2.75) is 44.3 Å². The van der Waals surface area contributed by atoms with Gasteiger partial charge in [0.1, 0.15) is 0 Å². The summed E-state index contributed by atoms with van der Waals surface area (Å²) in [6.45, 7) is 1.14. The number of alkyl halides is 3. The third-order valence-electron chi connectivity index (χ3n) is 3.24. The molecule has 1 aliphatic heterocycles. The molecule has 0 spiro atoms. The van der Waals surface area contributed by atoms with Crippen molar-refractivity contribution < 1.29 is 27.9 Å². The molecule has 1 saturated heterocycles. The molecule has 1 unspecified atom stereocenters. The van der Waals surface area contributed by atoms with Crippen molar-refractivity contribution in [3.05, 3.63) is 0 Å². The summed E-state index contributed by atoms with van der Waals surface area (Å²) in [5.41, 5.74) is -3.27. The lowest BCUT2D eigenvalue weighted by Crippen LogP contribution is -2.64. The molecule has 110 valence electrons. The number of amides is 2. The SMILES string of the molecule is CC(NC(=O)N1CCCCCC1)(C(=O)O)C(F)(F)F. The summed E-state index contributed by atoms with van der Waals surface area (Å²) in [5.74, 6) is -2.12. The average Bonchev–Trinajstić information content (AvgIpc) is 2.55. The molecule has 0 saturated carbocycles. The Bertz CT molecular complexity index is 352. The molecule has 1 heterocycles. The fourth-order valence-corrected chi connectivity index (χ4v) is 1.81. The topological polar surface area (TPSA) is 69.6 Å². The second kappa shape index (κ2) is 5.66. The van der Waals surface area contributed by atoms with E-state index in [1.54, 1.807) is 5.32 Å². The monoisotopic (exact) mass is 282 g/mol. The Morgan fingerprint density at radius 3 is 1.95 bits per heavy atom. The highest BCUT2D eigenvalue weighted by Gasteiger charge is 2.58. The van der Waals surface area contributed by atoms with Crippen LogP contribution in [0.3, 0.4) is 0 Å². The van der Waals surface area contributed by atoms with Crippen LogP contribution >= 0.6 is 0 Å². The van der Waals surface area contributed by atoms with Crippen LogP contribution in [0.4, 0.5) is 18.0 Å². The van der Waals surface area contributed by atoms with Crippen LogP contribution in [-0.4, -0.2) is 46.8 Å². The van der Waals surface area contributed by atoms with Crippen molar-refractivity contribution in [2.75, 3.05) is 13.1 Å². The molecule has 1 aliphatic rings. The number of urea groups is 1. The van der Waals surface area contributed by atoms with Crippen molar-refractivity contribution in [1.82, 2.24) is 10.2 Å². The number of carbonyl (C=O) groups is 2. The van der Waals surface area contributed by atoms with Gasteiger partial charge in [0.05, 0.1) is 0 Å². The first kappa shape index (κ1) is 15.6. The van der Waals surface area contributed by atoms with Crippen LogP contribution in [0.1, 0.15) is 32.6 Å². The molecule has 0 aliphatic carbocycles. The minimum absolute atomic E-state index is 0.347. The van der Waals surface area contributed by atoms with E-state index in [1.165, 1.54) is 4.90 Å². The van der Waals surface area contributed by atoms with Crippen molar-refractivity contribution in [1.29, 1.82) is 0 Å². The van der Waals surface area contributed by atoms with Gasteiger partial charge in [-0.1, -0.05) is 12.8 Å². The normalized spacial score (nSPS) is 20.3. The Balaban J connectivity index is 2.79. The maximum atomic E-state index is 12.7. The molecule has 0 radical (unpaired) electrons. The maximum Gasteiger partial charge on any atom is 0.422 e. The molecule has 19 heavy (non-hydrogen) atoms. The molecule has 1 fully saturated rings. The molecule has 5 nitrogen and oxygen atoms in total. The Hall–Kier alpha value is -1.47. The molecule has 2 amide bonds. The number of likely N-dealkylation sites (tertiary alicyclic amines) is 1. The highest BCUT2D eigenvalue weighted by molar-refractivity contribution is 5.86. The number of hydrogen-bond donors (Lipinski definition) is 2. The third kappa shape index (κ3) is 3.51. The van der Waals surface area contributed by atoms with E-state index in [4.69, 9.17) is 5.11 Å². The van der Waals surface area contributed by atoms with Gasteiger partial charge in [-0.15, -0.1) is 0 Å². The van der Waals surface area contributed by atoms with Crippen LogP contribution in [-0.2, 0) is 4.79 Å². The van der Waals surface area contributed by atoms with Crippen molar-refractivity contribution in [2.24, 2.45) is 0 Å². The predicted octanol–water partition coefficient (Wildman–Crippen LogP) is 1.98. The number of aliphatic carboxylic acids is 1. The number of rotatable bonds is 2. The fourth-order valence-electron chi connectivity index (χ4n) is 1.81. The smallest absolute Gasteiger partial charge is 0.422 e. The van der Waals surface area contributed by atoms with Crippen molar-refractivity contribution in [3.63, 3.8) is 0 Å². The number of carboxylic acid groups (broad SMARTS) is 1. The van der Waals surface area contributed by atoms with Crippen LogP contribution in [0.15, 0.2) is 0 Å². The van der Waals surface area contributed by atoms with E-state index in [9.17, 15) is 22.8 Å². The quantitative estimate of drug-likeness (QED) is 0.813. The van der Waals surface area contributed by atoms with Gasteiger partial charge >= 0.3 is 18.2 Å². The van der Waals surface area contributed by atoms with Crippen molar-refractivity contribution >= 4 is 12.0 Å². The van der Waals surface area contributed by atoms with Gasteiger partial charge in [-0.2, -0.15) is 13.2 Å². The zero-order valence-corrected chi connectivity index (χ0v) is 10.6.